The maximum atomic E-state index is 6.53. The van der Waals surface area contributed by atoms with Gasteiger partial charge in [-0.15, -0.1) is 11.3 Å². The van der Waals surface area contributed by atoms with Crippen LogP contribution in [0.15, 0.2) is 29.6 Å². The van der Waals surface area contributed by atoms with E-state index in [2.05, 4.69) is 36.6 Å². The molecule has 0 aliphatic heterocycles. The number of rotatable bonds is 2. The molecule has 1 aromatic carbocycles. The Balaban J connectivity index is 1.85. The highest BCUT2D eigenvalue weighted by Gasteiger charge is 2.26. The van der Waals surface area contributed by atoms with Crippen LogP contribution in [0.5, 0.6) is 0 Å². The lowest BCUT2D eigenvalue weighted by molar-refractivity contribution is 0.257. The SMILES string of the molecule is CC1CCC(C(N)c2csc3ccccc23)CC1. The summed E-state index contributed by atoms with van der Waals surface area (Å²) in [7, 11) is 0. The molecule has 0 bridgehead atoms. The number of thiophene rings is 1. The molecule has 1 fully saturated rings. The summed E-state index contributed by atoms with van der Waals surface area (Å²) in [6.45, 7) is 2.36. The minimum Gasteiger partial charge on any atom is -0.324 e. The summed E-state index contributed by atoms with van der Waals surface area (Å²) < 4.78 is 1.37. The fourth-order valence-electron chi connectivity index (χ4n) is 3.16. The molecule has 96 valence electrons. The summed E-state index contributed by atoms with van der Waals surface area (Å²) in [6.07, 6.45) is 5.29. The molecule has 1 heterocycles. The summed E-state index contributed by atoms with van der Waals surface area (Å²) in [5.41, 5.74) is 7.90. The normalized spacial score (nSPS) is 26.3. The topological polar surface area (TPSA) is 26.0 Å². The lowest BCUT2D eigenvalue weighted by Gasteiger charge is -2.30. The standard InChI is InChI=1S/C16H21NS/c1-11-6-8-12(9-7-11)16(17)14-10-18-15-5-3-2-4-13(14)15/h2-5,10-12,16H,6-9,17H2,1H3. The molecule has 1 atom stereocenters. The predicted octanol–water partition coefficient (Wildman–Crippen LogP) is 4.73. The first-order chi connectivity index (χ1) is 8.75. The van der Waals surface area contributed by atoms with E-state index in [4.69, 9.17) is 5.73 Å². The van der Waals surface area contributed by atoms with Gasteiger partial charge < -0.3 is 5.73 Å². The Kier molecular flexibility index (Phi) is 3.40. The second kappa shape index (κ2) is 5.02. The fourth-order valence-corrected chi connectivity index (χ4v) is 4.16. The first kappa shape index (κ1) is 12.2. The lowest BCUT2D eigenvalue weighted by atomic mass is 9.77. The Morgan fingerprint density at radius 1 is 1.17 bits per heavy atom. The first-order valence-corrected chi connectivity index (χ1v) is 7.85. The molecular formula is C16H21NS. The fraction of sp³-hybridized carbons (Fsp3) is 0.500. The second-order valence-corrected chi connectivity index (χ2v) is 6.64. The average molecular weight is 259 g/mol. The minimum atomic E-state index is 0.230. The molecule has 1 aliphatic carbocycles. The van der Waals surface area contributed by atoms with Gasteiger partial charge in [-0.1, -0.05) is 38.0 Å². The maximum Gasteiger partial charge on any atom is 0.0346 e. The van der Waals surface area contributed by atoms with Crippen molar-refractivity contribution in [1.82, 2.24) is 0 Å². The van der Waals surface area contributed by atoms with E-state index >= 15 is 0 Å². The van der Waals surface area contributed by atoms with Crippen molar-refractivity contribution in [3.05, 3.63) is 35.2 Å². The zero-order valence-electron chi connectivity index (χ0n) is 10.9. The van der Waals surface area contributed by atoms with Crippen LogP contribution < -0.4 is 5.73 Å². The Labute approximate surface area is 113 Å². The molecule has 2 N–H and O–H groups in total. The van der Waals surface area contributed by atoms with Crippen LogP contribution in [0.3, 0.4) is 0 Å². The van der Waals surface area contributed by atoms with Gasteiger partial charge in [-0.05, 0) is 47.1 Å². The number of fused-ring (bicyclic) bond motifs is 1. The Morgan fingerprint density at radius 3 is 2.67 bits per heavy atom. The lowest BCUT2D eigenvalue weighted by Crippen LogP contribution is -2.25. The van der Waals surface area contributed by atoms with E-state index in [1.807, 2.05) is 11.3 Å². The molecule has 1 saturated carbocycles. The van der Waals surface area contributed by atoms with Gasteiger partial charge in [-0.2, -0.15) is 0 Å². The Morgan fingerprint density at radius 2 is 1.89 bits per heavy atom. The van der Waals surface area contributed by atoms with Gasteiger partial charge in [0.25, 0.3) is 0 Å². The smallest absolute Gasteiger partial charge is 0.0346 e. The van der Waals surface area contributed by atoms with Crippen LogP contribution in [-0.2, 0) is 0 Å². The number of nitrogens with two attached hydrogens (primary N) is 1. The van der Waals surface area contributed by atoms with Gasteiger partial charge in [0.15, 0.2) is 0 Å². The van der Waals surface area contributed by atoms with E-state index in [1.54, 1.807) is 0 Å². The van der Waals surface area contributed by atoms with Crippen LogP contribution in [0.2, 0.25) is 0 Å². The summed E-state index contributed by atoms with van der Waals surface area (Å²) >= 11 is 1.83. The van der Waals surface area contributed by atoms with Crippen molar-refractivity contribution in [2.45, 2.75) is 38.6 Å². The zero-order chi connectivity index (χ0) is 12.5. The largest absolute Gasteiger partial charge is 0.324 e. The summed E-state index contributed by atoms with van der Waals surface area (Å²) in [5, 5.41) is 3.64. The van der Waals surface area contributed by atoms with Crippen molar-refractivity contribution in [3.63, 3.8) is 0 Å². The Bertz CT molecular complexity index is 523. The van der Waals surface area contributed by atoms with Crippen LogP contribution in [0.1, 0.15) is 44.2 Å². The monoisotopic (exact) mass is 259 g/mol. The van der Waals surface area contributed by atoms with Crippen LogP contribution >= 0.6 is 11.3 Å². The third kappa shape index (κ3) is 2.19. The minimum absolute atomic E-state index is 0.230. The van der Waals surface area contributed by atoms with Crippen molar-refractivity contribution in [3.8, 4) is 0 Å². The van der Waals surface area contributed by atoms with Crippen molar-refractivity contribution in [2.75, 3.05) is 0 Å². The van der Waals surface area contributed by atoms with E-state index < -0.39 is 0 Å². The van der Waals surface area contributed by atoms with Gasteiger partial charge in [0.2, 0.25) is 0 Å². The Hall–Kier alpha value is -0.860. The van der Waals surface area contributed by atoms with E-state index in [1.165, 1.54) is 41.3 Å². The number of hydrogen-bond donors (Lipinski definition) is 1. The van der Waals surface area contributed by atoms with Gasteiger partial charge >= 0.3 is 0 Å². The first-order valence-electron chi connectivity index (χ1n) is 6.97. The quantitative estimate of drug-likeness (QED) is 0.829. The van der Waals surface area contributed by atoms with Gasteiger partial charge in [-0.25, -0.2) is 0 Å². The van der Waals surface area contributed by atoms with Gasteiger partial charge in [-0.3, -0.25) is 0 Å². The van der Waals surface area contributed by atoms with E-state index in [0.717, 1.165) is 5.92 Å². The van der Waals surface area contributed by atoms with Crippen LogP contribution in [0.25, 0.3) is 10.1 Å². The van der Waals surface area contributed by atoms with E-state index in [0.29, 0.717) is 5.92 Å². The molecule has 0 saturated heterocycles. The summed E-state index contributed by atoms with van der Waals surface area (Å²) in [5.74, 6) is 1.58. The van der Waals surface area contributed by atoms with Crippen molar-refractivity contribution in [2.24, 2.45) is 17.6 Å². The average Bonchev–Trinajstić information content (AvgIpc) is 2.82. The highest BCUT2D eigenvalue weighted by atomic mass is 32.1. The van der Waals surface area contributed by atoms with Gasteiger partial charge in [0.05, 0.1) is 0 Å². The van der Waals surface area contributed by atoms with Crippen molar-refractivity contribution in [1.29, 1.82) is 0 Å². The van der Waals surface area contributed by atoms with Crippen molar-refractivity contribution < 1.29 is 0 Å². The van der Waals surface area contributed by atoms with Crippen LogP contribution in [-0.4, -0.2) is 0 Å². The predicted molar refractivity (Wildman–Crippen MR) is 79.9 cm³/mol. The van der Waals surface area contributed by atoms with Gasteiger partial charge in [0, 0.05) is 10.7 Å². The second-order valence-electron chi connectivity index (χ2n) is 5.73. The number of benzene rings is 1. The zero-order valence-corrected chi connectivity index (χ0v) is 11.7. The third-order valence-corrected chi connectivity index (χ3v) is 5.42. The molecule has 1 aromatic heterocycles. The molecule has 18 heavy (non-hydrogen) atoms. The van der Waals surface area contributed by atoms with Crippen molar-refractivity contribution >= 4 is 21.4 Å². The maximum absolute atomic E-state index is 6.53. The molecule has 2 aromatic rings. The van der Waals surface area contributed by atoms with Crippen LogP contribution in [0.4, 0.5) is 0 Å². The molecule has 2 heteroatoms. The van der Waals surface area contributed by atoms with E-state index in [-0.39, 0.29) is 6.04 Å². The molecular weight excluding hydrogens is 238 g/mol. The summed E-state index contributed by atoms with van der Waals surface area (Å²) in [6, 6.07) is 8.87. The molecule has 0 amide bonds. The molecule has 1 unspecified atom stereocenters. The van der Waals surface area contributed by atoms with Crippen LogP contribution in [0, 0.1) is 11.8 Å². The molecule has 3 rings (SSSR count). The highest BCUT2D eigenvalue weighted by molar-refractivity contribution is 7.17. The number of hydrogen-bond acceptors (Lipinski definition) is 2. The molecule has 1 nitrogen and oxygen atoms in total. The molecule has 1 aliphatic rings. The molecule has 0 radical (unpaired) electrons. The van der Waals surface area contributed by atoms with Gasteiger partial charge in [0.1, 0.15) is 0 Å². The third-order valence-electron chi connectivity index (χ3n) is 4.44. The highest BCUT2D eigenvalue weighted by Crippen LogP contribution is 2.39. The summed E-state index contributed by atoms with van der Waals surface area (Å²) in [4.78, 5) is 0. The van der Waals surface area contributed by atoms with E-state index in [9.17, 15) is 0 Å². The molecule has 0 spiro atoms.